The number of carbonyl (C=O) groups excluding carboxylic acids is 1. The fourth-order valence-electron chi connectivity index (χ4n) is 4.03. The van der Waals surface area contributed by atoms with E-state index in [-0.39, 0.29) is 29.1 Å². The lowest BCUT2D eigenvalue weighted by Crippen LogP contribution is -2.07. The maximum atomic E-state index is 13.1. The van der Waals surface area contributed by atoms with Crippen LogP contribution >= 0.6 is 0 Å². The number of carbonyl (C=O) groups is 1. The molecule has 1 aliphatic carbocycles. The first-order valence-electron chi connectivity index (χ1n) is 8.55. The molecule has 1 fully saturated rings. The molecule has 1 aromatic carbocycles. The van der Waals surface area contributed by atoms with E-state index >= 15 is 0 Å². The van der Waals surface area contributed by atoms with Gasteiger partial charge >= 0.3 is 0 Å². The van der Waals surface area contributed by atoms with Crippen LogP contribution in [0.5, 0.6) is 0 Å². The van der Waals surface area contributed by atoms with Crippen LogP contribution in [0.1, 0.15) is 50.9 Å². The smallest absolute Gasteiger partial charge is 0.169 e. The summed E-state index contributed by atoms with van der Waals surface area (Å²) in [5, 5.41) is 10.0. The summed E-state index contributed by atoms with van der Waals surface area (Å²) < 4.78 is 2.17. The van der Waals surface area contributed by atoms with Crippen LogP contribution in [0.25, 0.3) is 10.9 Å². The number of benzene rings is 1. The molecule has 0 radical (unpaired) electrons. The fraction of sp³-hybridized carbons (Fsp3) is 0.550. The number of ketones is 1. The van der Waals surface area contributed by atoms with Crippen molar-refractivity contribution in [1.29, 1.82) is 0 Å². The van der Waals surface area contributed by atoms with E-state index in [9.17, 15) is 4.79 Å². The van der Waals surface area contributed by atoms with E-state index in [0.717, 1.165) is 35.9 Å². The first-order chi connectivity index (χ1) is 10.8. The van der Waals surface area contributed by atoms with Gasteiger partial charge in [0.05, 0.1) is 0 Å². The highest BCUT2D eigenvalue weighted by Crippen LogP contribution is 2.69. The molecule has 0 spiro atoms. The topological polar surface area (TPSA) is 42.2 Å². The summed E-state index contributed by atoms with van der Waals surface area (Å²) in [7, 11) is 0. The number of nitrogens with zero attached hydrogens (tertiary/aromatic N) is 1. The third kappa shape index (κ3) is 2.42. The van der Waals surface area contributed by atoms with Gasteiger partial charge in [-0.2, -0.15) is 0 Å². The first-order valence-corrected chi connectivity index (χ1v) is 8.55. The Hall–Kier alpha value is -1.61. The molecule has 3 rings (SSSR count). The van der Waals surface area contributed by atoms with E-state index in [1.54, 1.807) is 0 Å². The predicted octanol–water partition coefficient (Wildman–Crippen LogP) is 4.28. The van der Waals surface area contributed by atoms with E-state index in [1.165, 1.54) is 0 Å². The van der Waals surface area contributed by atoms with E-state index in [4.69, 9.17) is 5.11 Å². The third-order valence-corrected chi connectivity index (χ3v) is 6.14. The minimum Gasteiger partial charge on any atom is -0.396 e. The van der Waals surface area contributed by atoms with Crippen molar-refractivity contribution in [2.45, 2.75) is 47.1 Å². The molecule has 1 N–H and O–H groups in total. The zero-order valence-corrected chi connectivity index (χ0v) is 14.6. The van der Waals surface area contributed by atoms with Crippen molar-refractivity contribution in [3.63, 3.8) is 0 Å². The average Bonchev–Trinajstić information content (AvgIpc) is 2.80. The fourth-order valence-corrected chi connectivity index (χ4v) is 4.03. The molecule has 3 heteroatoms. The van der Waals surface area contributed by atoms with E-state index in [2.05, 4.69) is 38.3 Å². The van der Waals surface area contributed by atoms with Crippen LogP contribution in [-0.4, -0.2) is 22.1 Å². The maximum Gasteiger partial charge on any atom is 0.169 e. The zero-order chi connectivity index (χ0) is 16.8. The van der Waals surface area contributed by atoms with Crippen molar-refractivity contribution in [3.05, 3.63) is 36.0 Å². The quantitative estimate of drug-likeness (QED) is 0.639. The highest BCUT2D eigenvalue weighted by atomic mass is 16.2. The highest BCUT2D eigenvalue weighted by molar-refractivity contribution is 6.11. The van der Waals surface area contributed by atoms with Gasteiger partial charge in [-0.25, -0.2) is 0 Å². The Bertz CT molecular complexity index is 725. The number of unbranched alkanes of at least 4 members (excludes halogenated alkanes) is 1. The third-order valence-electron chi connectivity index (χ3n) is 6.14. The Morgan fingerprint density at radius 3 is 2.39 bits per heavy atom. The number of para-hydroxylation sites is 1. The predicted molar refractivity (Wildman–Crippen MR) is 93.6 cm³/mol. The molecule has 0 saturated heterocycles. The van der Waals surface area contributed by atoms with Crippen LogP contribution in [-0.2, 0) is 6.54 Å². The number of hydrogen-bond donors (Lipinski definition) is 1. The van der Waals surface area contributed by atoms with E-state index in [1.807, 2.05) is 24.4 Å². The van der Waals surface area contributed by atoms with Gasteiger partial charge in [0.25, 0.3) is 0 Å². The van der Waals surface area contributed by atoms with E-state index in [0.29, 0.717) is 0 Å². The number of hydrogen-bond acceptors (Lipinski definition) is 2. The molecule has 1 aromatic heterocycles. The number of fused-ring (bicyclic) bond motifs is 1. The average molecular weight is 313 g/mol. The van der Waals surface area contributed by atoms with Crippen molar-refractivity contribution < 1.29 is 9.90 Å². The van der Waals surface area contributed by atoms with Gasteiger partial charge in [-0.1, -0.05) is 45.9 Å². The second kappa shape index (κ2) is 5.48. The Balaban J connectivity index is 1.97. The molecule has 2 aromatic rings. The highest BCUT2D eigenvalue weighted by Gasteiger charge is 2.68. The summed E-state index contributed by atoms with van der Waals surface area (Å²) in [5.41, 5.74) is 2.09. The second-order valence-corrected chi connectivity index (χ2v) is 7.92. The lowest BCUT2D eigenvalue weighted by molar-refractivity contribution is 0.0946. The zero-order valence-electron chi connectivity index (χ0n) is 14.6. The van der Waals surface area contributed by atoms with Gasteiger partial charge in [-0.3, -0.25) is 4.79 Å². The van der Waals surface area contributed by atoms with Gasteiger partial charge < -0.3 is 9.67 Å². The largest absolute Gasteiger partial charge is 0.396 e. The molecule has 0 bridgehead atoms. The van der Waals surface area contributed by atoms with Gasteiger partial charge in [-0.05, 0) is 29.7 Å². The number of aryl methyl sites for hydroxylation is 1. The summed E-state index contributed by atoms with van der Waals surface area (Å²) in [6, 6.07) is 8.15. The lowest BCUT2D eigenvalue weighted by atomic mass is 10.0. The number of aliphatic hydroxyl groups is 1. The molecule has 1 heterocycles. The van der Waals surface area contributed by atoms with Gasteiger partial charge in [0.1, 0.15) is 0 Å². The molecular weight excluding hydrogens is 286 g/mol. The van der Waals surface area contributed by atoms with Crippen LogP contribution in [0.15, 0.2) is 30.5 Å². The molecule has 0 unspecified atom stereocenters. The number of rotatable bonds is 6. The van der Waals surface area contributed by atoms with Crippen LogP contribution in [0, 0.1) is 16.7 Å². The van der Waals surface area contributed by atoms with Crippen molar-refractivity contribution in [2.24, 2.45) is 16.7 Å². The Labute approximate surface area is 138 Å². The Morgan fingerprint density at radius 1 is 1.13 bits per heavy atom. The van der Waals surface area contributed by atoms with Crippen molar-refractivity contribution in [2.75, 3.05) is 6.61 Å². The summed E-state index contributed by atoms with van der Waals surface area (Å²) >= 11 is 0. The van der Waals surface area contributed by atoms with Crippen LogP contribution in [0.3, 0.4) is 0 Å². The molecule has 1 saturated carbocycles. The minimum atomic E-state index is 0.0597. The molecular formula is C20H27NO2. The standard InChI is InChI=1S/C20H27NO2/c1-19(2)18(20(19,3)4)17(23)15-13-21(11-7-8-12-22)16-10-6-5-9-14(15)16/h5-6,9-10,13,18,22H,7-8,11-12H2,1-4H3. The van der Waals surface area contributed by atoms with Gasteiger partial charge in [0, 0.05) is 41.7 Å². The molecule has 3 nitrogen and oxygen atoms in total. The van der Waals surface area contributed by atoms with Crippen molar-refractivity contribution in [1.82, 2.24) is 4.57 Å². The molecule has 23 heavy (non-hydrogen) atoms. The van der Waals surface area contributed by atoms with Crippen molar-refractivity contribution >= 4 is 16.7 Å². The van der Waals surface area contributed by atoms with E-state index < -0.39 is 0 Å². The molecule has 0 aliphatic heterocycles. The monoisotopic (exact) mass is 313 g/mol. The summed E-state index contributed by atoms with van der Waals surface area (Å²) in [4.78, 5) is 13.1. The second-order valence-electron chi connectivity index (χ2n) is 7.92. The molecule has 0 atom stereocenters. The maximum absolute atomic E-state index is 13.1. The number of aromatic nitrogens is 1. The number of aliphatic hydroxyl groups excluding tert-OH is 1. The summed E-state index contributed by atoms with van der Waals surface area (Å²) in [5.74, 6) is 0.365. The van der Waals surface area contributed by atoms with Crippen molar-refractivity contribution in [3.8, 4) is 0 Å². The minimum absolute atomic E-state index is 0.0597. The summed E-state index contributed by atoms with van der Waals surface area (Å²) in [6.45, 7) is 9.82. The number of Topliss-reactive ketones (excluding diaryl/α,β-unsaturated/α-hetero) is 1. The Kier molecular flexibility index (Phi) is 3.88. The summed E-state index contributed by atoms with van der Waals surface area (Å²) in [6.07, 6.45) is 3.73. The molecule has 0 amide bonds. The molecule has 124 valence electrons. The van der Waals surface area contributed by atoms with Crippen LogP contribution < -0.4 is 0 Å². The van der Waals surface area contributed by atoms with Crippen LogP contribution in [0.4, 0.5) is 0 Å². The first kappa shape index (κ1) is 16.3. The van der Waals surface area contributed by atoms with Gasteiger partial charge in [-0.15, -0.1) is 0 Å². The molecule has 1 aliphatic rings. The SMILES string of the molecule is CC1(C)C(C(=O)c2cn(CCCCO)c3ccccc23)C1(C)C. The van der Waals surface area contributed by atoms with Crippen LogP contribution in [0.2, 0.25) is 0 Å². The normalized spacial score (nSPS) is 19.2. The van der Waals surface area contributed by atoms with Gasteiger partial charge in [0.2, 0.25) is 0 Å². The van der Waals surface area contributed by atoms with Gasteiger partial charge in [0.15, 0.2) is 5.78 Å². The Morgan fingerprint density at radius 2 is 1.78 bits per heavy atom. The lowest BCUT2D eigenvalue weighted by Gasteiger charge is -2.03.